The number of rotatable bonds is 6. The molecule has 0 aliphatic heterocycles. The number of ether oxygens (including phenoxy) is 1. The average Bonchev–Trinajstić information content (AvgIpc) is 3.43. The van der Waals surface area contributed by atoms with Gasteiger partial charge in [-0.15, -0.1) is 10.2 Å². The van der Waals surface area contributed by atoms with E-state index < -0.39 is 0 Å². The normalized spacial score (nSPS) is 10.6. The van der Waals surface area contributed by atoms with Crippen molar-refractivity contribution in [2.45, 2.75) is 6.54 Å². The number of benzene rings is 2. The Kier molecular flexibility index (Phi) is 4.83. The molecule has 0 spiro atoms. The van der Waals surface area contributed by atoms with Crippen LogP contribution in [0.4, 0.5) is 0 Å². The van der Waals surface area contributed by atoms with Crippen molar-refractivity contribution < 1.29 is 13.9 Å². The molecular formula is C20H17N5O3. The van der Waals surface area contributed by atoms with Crippen molar-refractivity contribution in [3.05, 3.63) is 78.4 Å². The lowest BCUT2D eigenvalue weighted by Gasteiger charge is -2.07. The van der Waals surface area contributed by atoms with E-state index in [9.17, 15) is 4.79 Å². The molecule has 0 bridgehead atoms. The first-order chi connectivity index (χ1) is 13.7. The summed E-state index contributed by atoms with van der Waals surface area (Å²) in [5, 5.41) is 15.0. The van der Waals surface area contributed by atoms with Crippen LogP contribution in [0.2, 0.25) is 0 Å². The fraction of sp³-hybridized carbons (Fsp3) is 0.100. The van der Waals surface area contributed by atoms with Gasteiger partial charge in [0.2, 0.25) is 11.8 Å². The Morgan fingerprint density at radius 1 is 1.11 bits per heavy atom. The summed E-state index contributed by atoms with van der Waals surface area (Å²) in [4.78, 5) is 12.4. The molecule has 28 heavy (non-hydrogen) atoms. The number of carbonyl (C=O) groups excluding carboxylic acids is 1. The van der Waals surface area contributed by atoms with Gasteiger partial charge in [0, 0.05) is 11.8 Å². The van der Waals surface area contributed by atoms with Crippen molar-refractivity contribution in [3.63, 3.8) is 0 Å². The van der Waals surface area contributed by atoms with E-state index in [0.717, 1.165) is 11.3 Å². The summed E-state index contributed by atoms with van der Waals surface area (Å²) < 4.78 is 12.5. The van der Waals surface area contributed by atoms with Crippen molar-refractivity contribution in [3.8, 4) is 22.9 Å². The highest BCUT2D eigenvalue weighted by molar-refractivity contribution is 5.93. The van der Waals surface area contributed by atoms with Crippen molar-refractivity contribution in [2.75, 3.05) is 7.11 Å². The second-order valence-corrected chi connectivity index (χ2v) is 5.90. The summed E-state index contributed by atoms with van der Waals surface area (Å²) >= 11 is 0. The standard InChI is InChI=1S/C20H17N5O3/c1-27-17-10-6-5-9-16(17)25-13-15(11-22-25)19(26)21-12-18-23-24-20(28-18)14-7-3-2-4-8-14/h2-11,13H,12H2,1H3,(H,21,26). The second-order valence-electron chi connectivity index (χ2n) is 5.90. The molecule has 0 aliphatic carbocycles. The van der Waals surface area contributed by atoms with Crippen LogP contribution in [0.5, 0.6) is 5.75 Å². The highest BCUT2D eigenvalue weighted by Gasteiger charge is 2.13. The molecule has 0 aliphatic rings. The molecule has 1 amide bonds. The average molecular weight is 375 g/mol. The van der Waals surface area contributed by atoms with Gasteiger partial charge in [-0.2, -0.15) is 5.10 Å². The number of hydrogen-bond donors (Lipinski definition) is 1. The number of para-hydroxylation sites is 2. The van der Waals surface area contributed by atoms with Gasteiger partial charge in [-0.05, 0) is 24.3 Å². The molecule has 4 rings (SSSR count). The number of nitrogens with zero attached hydrogens (tertiary/aromatic N) is 4. The summed E-state index contributed by atoms with van der Waals surface area (Å²) in [6.07, 6.45) is 3.13. The van der Waals surface area contributed by atoms with Crippen LogP contribution in [-0.2, 0) is 6.54 Å². The van der Waals surface area contributed by atoms with E-state index in [1.165, 1.54) is 6.20 Å². The Bertz CT molecular complexity index is 1090. The van der Waals surface area contributed by atoms with Crippen LogP contribution >= 0.6 is 0 Å². The third kappa shape index (κ3) is 3.61. The van der Waals surface area contributed by atoms with E-state index in [0.29, 0.717) is 23.1 Å². The van der Waals surface area contributed by atoms with Crippen LogP contribution < -0.4 is 10.1 Å². The van der Waals surface area contributed by atoms with Gasteiger partial charge in [0.1, 0.15) is 11.4 Å². The first kappa shape index (κ1) is 17.5. The third-order valence-electron chi connectivity index (χ3n) is 4.06. The van der Waals surface area contributed by atoms with Crippen molar-refractivity contribution in [1.29, 1.82) is 0 Å². The molecule has 0 radical (unpaired) electrons. The monoisotopic (exact) mass is 375 g/mol. The maximum atomic E-state index is 12.4. The lowest BCUT2D eigenvalue weighted by molar-refractivity contribution is 0.0947. The molecule has 0 saturated carbocycles. The molecule has 4 aromatic rings. The summed E-state index contributed by atoms with van der Waals surface area (Å²) in [6, 6.07) is 16.9. The third-order valence-corrected chi connectivity index (χ3v) is 4.06. The lowest BCUT2D eigenvalue weighted by atomic mass is 10.2. The minimum atomic E-state index is -0.291. The Labute approximate surface area is 160 Å². The molecule has 0 saturated heterocycles. The van der Waals surface area contributed by atoms with E-state index in [1.807, 2.05) is 54.6 Å². The van der Waals surface area contributed by atoms with E-state index in [2.05, 4.69) is 20.6 Å². The zero-order valence-electron chi connectivity index (χ0n) is 15.1. The summed E-state index contributed by atoms with van der Waals surface area (Å²) in [5.74, 6) is 1.11. The van der Waals surface area contributed by atoms with Gasteiger partial charge >= 0.3 is 0 Å². The minimum absolute atomic E-state index is 0.124. The highest BCUT2D eigenvalue weighted by atomic mass is 16.5. The van der Waals surface area contributed by atoms with Gasteiger partial charge in [-0.1, -0.05) is 30.3 Å². The fourth-order valence-corrected chi connectivity index (χ4v) is 2.67. The van der Waals surface area contributed by atoms with Gasteiger partial charge in [-0.3, -0.25) is 4.79 Å². The number of carbonyl (C=O) groups is 1. The predicted molar refractivity (Wildman–Crippen MR) is 101 cm³/mol. The molecule has 140 valence electrons. The van der Waals surface area contributed by atoms with Crippen LogP contribution in [-0.4, -0.2) is 33.0 Å². The zero-order chi connectivity index (χ0) is 19.3. The first-order valence-corrected chi connectivity index (χ1v) is 8.58. The van der Waals surface area contributed by atoms with Crippen molar-refractivity contribution in [2.24, 2.45) is 0 Å². The SMILES string of the molecule is COc1ccccc1-n1cc(C(=O)NCc2nnc(-c3ccccc3)o2)cn1. The molecule has 2 aromatic heterocycles. The zero-order valence-corrected chi connectivity index (χ0v) is 15.1. The van der Waals surface area contributed by atoms with E-state index in [-0.39, 0.29) is 12.5 Å². The van der Waals surface area contributed by atoms with Gasteiger partial charge in [0.15, 0.2) is 0 Å². The number of nitrogens with one attached hydrogen (secondary N) is 1. The second kappa shape index (κ2) is 7.75. The molecule has 2 heterocycles. The number of methoxy groups -OCH3 is 1. The topological polar surface area (TPSA) is 95.1 Å². The van der Waals surface area contributed by atoms with Crippen LogP contribution in [0.3, 0.4) is 0 Å². The van der Waals surface area contributed by atoms with Crippen LogP contribution in [0.15, 0.2) is 71.4 Å². The van der Waals surface area contributed by atoms with Crippen LogP contribution in [0, 0.1) is 0 Å². The molecule has 8 heteroatoms. The number of hydrogen-bond acceptors (Lipinski definition) is 6. The van der Waals surface area contributed by atoms with Gasteiger partial charge in [-0.25, -0.2) is 4.68 Å². The molecule has 0 unspecified atom stereocenters. The highest BCUT2D eigenvalue weighted by Crippen LogP contribution is 2.21. The Hall–Kier alpha value is -3.94. The van der Waals surface area contributed by atoms with E-state index in [1.54, 1.807) is 18.0 Å². The summed E-state index contributed by atoms with van der Waals surface area (Å²) in [5.41, 5.74) is 1.98. The fourth-order valence-electron chi connectivity index (χ4n) is 2.67. The van der Waals surface area contributed by atoms with Crippen LogP contribution in [0.1, 0.15) is 16.2 Å². The molecule has 0 atom stereocenters. The molecule has 2 aromatic carbocycles. The molecule has 8 nitrogen and oxygen atoms in total. The van der Waals surface area contributed by atoms with E-state index >= 15 is 0 Å². The number of aromatic nitrogens is 4. The van der Waals surface area contributed by atoms with Crippen molar-refractivity contribution in [1.82, 2.24) is 25.3 Å². The molecule has 0 fully saturated rings. The summed E-state index contributed by atoms with van der Waals surface area (Å²) in [7, 11) is 1.59. The lowest BCUT2D eigenvalue weighted by Crippen LogP contribution is -2.22. The van der Waals surface area contributed by atoms with Gasteiger partial charge in [0.05, 0.1) is 25.4 Å². The molecular weight excluding hydrogens is 358 g/mol. The maximum Gasteiger partial charge on any atom is 0.254 e. The maximum absolute atomic E-state index is 12.4. The van der Waals surface area contributed by atoms with E-state index in [4.69, 9.17) is 9.15 Å². The van der Waals surface area contributed by atoms with Gasteiger partial charge in [0.25, 0.3) is 5.91 Å². The predicted octanol–water partition coefficient (Wildman–Crippen LogP) is 2.86. The minimum Gasteiger partial charge on any atom is -0.494 e. The first-order valence-electron chi connectivity index (χ1n) is 8.58. The molecule has 1 N–H and O–H groups in total. The Morgan fingerprint density at radius 2 is 1.89 bits per heavy atom. The smallest absolute Gasteiger partial charge is 0.254 e. The quantitative estimate of drug-likeness (QED) is 0.557. The number of amides is 1. The largest absolute Gasteiger partial charge is 0.494 e. The van der Waals surface area contributed by atoms with Crippen LogP contribution in [0.25, 0.3) is 17.1 Å². The Morgan fingerprint density at radius 3 is 2.71 bits per heavy atom. The summed E-state index contributed by atoms with van der Waals surface area (Å²) in [6.45, 7) is 0.124. The Balaban J connectivity index is 1.43. The van der Waals surface area contributed by atoms with Crippen molar-refractivity contribution >= 4 is 5.91 Å². The van der Waals surface area contributed by atoms with Gasteiger partial charge < -0.3 is 14.5 Å².